The van der Waals surface area contributed by atoms with Gasteiger partial charge in [-0.05, 0) is 50.4 Å². The number of rotatable bonds is 2. The van der Waals surface area contributed by atoms with Gasteiger partial charge in [0.25, 0.3) is 0 Å². The summed E-state index contributed by atoms with van der Waals surface area (Å²) in [6.45, 7) is 6.68. The zero-order valence-electron chi connectivity index (χ0n) is 11.8. The first-order valence-corrected chi connectivity index (χ1v) is 7.51. The lowest BCUT2D eigenvalue weighted by Gasteiger charge is -2.27. The normalized spacial score (nSPS) is 26.0. The van der Waals surface area contributed by atoms with E-state index in [0.717, 1.165) is 24.7 Å². The summed E-state index contributed by atoms with van der Waals surface area (Å²) >= 11 is 0. The molecular formula is C16H24N2O. The lowest BCUT2D eigenvalue weighted by atomic mass is 10.1. The molecule has 0 spiro atoms. The van der Waals surface area contributed by atoms with Crippen LogP contribution in [0.5, 0.6) is 0 Å². The maximum atomic E-state index is 9.57. The molecule has 1 aromatic rings. The maximum absolute atomic E-state index is 9.57. The van der Waals surface area contributed by atoms with Crippen molar-refractivity contribution in [2.24, 2.45) is 0 Å². The average molecular weight is 260 g/mol. The highest BCUT2D eigenvalue weighted by Crippen LogP contribution is 2.26. The monoisotopic (exact) mass is 260 g/mol. The molecule has 2 heterocycles. The molecule has 3 nitrogen and oxygen atoms in total. The van der Waals surface area contributed by atoms with E-state index in [1.54, 1.807) is 0 Å². The smallest absolute Gasteiger partial charge is 0.0761 e. The number of anilines is 1. The number of nitrogens with zero attached hydrogens (tertiary/aromatic N) is 2. The van der Waals surface area contributed by atoms with E-state index >= 15 is 0 Å². The summed E-state index contributed by atoms with van der Waals surface area (Å²) in [7, 11) is 0. The van der Waals surface area contributed by atoms with Crippen molar-refractivity contribution in [3.63, 3.8) is 0 Å². The predicted octanol–water partition coefficient (Wildman–Crippen LogP) is 2.41. The number of aliphatic hydroxyl groups excluding tert-OH is 1. The van der Waals surface area contributed by atoms with Gasteiger partial charge in [0.15, 0.2) is 0 Å². The Morgan fingerprint density at radius 1 is 1.11 bits per heavy atom. The highest BCUT2D eigenvalue weighted by Gasteiger charge is 2.28. The van der Waals surface area contributed by atoms with Crippen LogP contribution in [0.1, 0.15) is 37.9 Å². The van der Waals surface area contributed by atoms with Gasteiger partial charge in [0, 0.05) is 31.4 Å². The van der Waals surface area contributed by atoms with Crippen LogP contribution in [-0.4, -0.2) is 42.2 Å². The van der Waals surface area contributed by atoms with E-state index in [2.05, 4.69) is 34.1 Å². The minimum absolute atomic E-state index is 0.372. The zero-order chi connectivity index (χ0) is 13.2. The summed E-state index contributed by atoms with van der Waals surface area (Å²) in [5.41, 5.74) is 2.30. The zero-order valence-corrected chi connectivity index (χ0v) is 11.8. The lowest BCUT2D eigenvalue weighted by Crippen LogP contribution is -2.36. The van der Waals surface area contributed by atoms with Crippen molar-refractivity contribution in [2.75, 3.05) is 31.1 Å². The van der Waals surface area contributed by atoms with Crippen LogP contribution < -0.4 is 4.90 Å². The van der Waals surface area contributed by atoms with Gasteiger partial charge >= 0.3 is 0 Å². The van der Waals surface area contributed by atoms with Gasteiger partial charge in [0.1, 0.15) is 0 Å². The number of fused-ring (bicyclic) bond motifs is 1. The Hall–Kier alpha value is -1.06. The van der Waals surface area contributed by atoms with Gasteiger partial charge in [-0.2, -0.15) is 0 Å². The molecule has 19 heavy (non-hydrogen) atoms. The molecule has 3 rings (SSSR count). The topological polar surface area (TPSA) is 26.7 Å². The van der Waals surface area contributed by atoms with Crippen LogP contribution in [0.25, 0.3) is 0 Å². The van der Waals surface area contributed by atoms with E-state index in [1.807, 2.05) is 6.92 Å². The SMILES string of the molecule is C[C@@H](O)c1ccc(N2CCCN3CCCC3C2)cc1. The van der Waals surface area contributed by atoms with Crippen molar-refractivity contribution in [3.8, 4) is 0 Å². The molecule has 2 aliphatic rings. The van der Waals surface area contributed by atoms with Gasteiger partial charge in [0.2, 0.25) is 0 Å². The van der Waals surface area contributed by atoms with Crippen molar-refractivity contribution < 1.29 is 5.11 Å². The molecule has 0 bridgehead atoms. The van der Waals surface area contributed by atoms with Crippen LogP contribution >= 0.6 is 0 Å². The lowest BCUT2D eigenvalue weighted by molar-refractivity contribution is 0.199. The second-order valence-corrected chi connectivity index (χ2v) is 5.90. The summed E-state index contributed by atoms with van der Waals surface area (Å²) in [6, 6.07) is 9.17. The molecule has 0 aliphatic carbocycles. The fourth-order valence-electron chi connectivity index (χ4n) is 3.40. The van der Waals surface area contributed by atoms with Crippen LogP contribution in [0.4, 0.5) is 5.69 Å². The van der Waals surface area contributed by atoms with Crippen LogP contribution in [0.3, 0.4) is 0 Å². The molecule has 1 unspecified atom stereocenters. The summed E-state index contributed by atoms with van der Waals surface area (Å²) in [5, 5.41) is 9.57. The second kappa shape index (κ2) is 5.51. The summed E-state index contributed by atoms with van der Waals surface area (Å²) < 4.78 is 0. The molecule has 2 aliphatic heterocycles. The average Bonchev–Trinajstić information content (AvgIpc) is 2.76. The van der Waals surface area contributed by atoms with Crippen molar-refractivity contribution in [1.29, 1.82) is 0 Å². The Labute approximate surface area is 115 Å². The van der Waals surface area contributed by atoms with E-state index in [1.165, 1.54) is 38.0 Å². The largest absolute Gasteiger partial charge is 0.389 e. The summed E-state index contributed by atoms with van der Waals surface area (Å²) in [5.74, 6) is 0. The van der Waals surface area contributed by atoms with E-state index in [-0.39, 0.29) is 6.10 Å². The molecule has 0 aromatic heterocycles. The third-order valence-electron chi connectivity index (χ3n) is 4.54. The van der Waals surface area contributed by atoms with Gasteiger partial charge in [-0.3, -0.25) is 4.90 Å². The molecule has 0 radical (unpaired) electrons. The Morgan fingerprint density at radius 2 is 1.84 bits per heavy atom. The van der Waals surface area contributed by atoms with Crippen molar-refractivity contribution in [3.05, 3.63) is 29.8 Å². The van der Waals surface area contributed by atoms with Gasteiger partial charge in [-0.1, -0.05) is 12.1 Å². The van der Waals surface area contributed by atoms with Gasteiger partial charge in [-0.25, -0.2) is 0 Å². The Balaban J connectivity index is 1.73. The summed E-state index contributed by atoms with van der Waals surface area (Å²) in [6.07, 6.45) is 3.60. The van der Waals surface area contributed by atoms with Crippen LogP contribution in [0, 0.1) is 0 Å². The third-order valence-corrected chi connectivity index (χ3v) is 4.54. The Kier molecular flexibility index (Phi) is 3.76. The molecule has 1 aromatic carbocycles. The Morgan fingerprint density at radius 3 is 2.58 bits per heavy atom. The molecule has 2 atom stereocenters. The molecule has 2 fully saturated rings. The molecular weight excluding hydrogens is 236 g/mol. The fourth-order valence-corrected chi connectivity index (χ4v) is 3.40. The third kappa shape index (κ3) is 2.77. The first kappa shape index (κ1) is 12.9. The number of aliphatic hydroxyl groups is 1. The molecule has 3 heteroatoms. The first-order valence-electron chi connectivity index (χ1n) is 7.51. The molecule has 1 N–H and O–H groups in total. The van der Waals surface area contributed by atoms with Crippen LogP contribution in [0.15, 0.2) is 24.3 Å². The highest BCUT2D eigenvalue weighted by atomic mass is 16.3. The van der Waals surface area contributed by atoms with E-state index in [4.69, 9.17) is 0 Å². The number of hydrogen-bond donors (Lipinski definition) is 1. The molecule has 0 saturated carbocycles. The van der Waals surface area contributed by atoms with Crippen molar-refractivity contribution >= 4 is 5.69 Å². The van der Waals surface area contributed by atoms with Gasteiger partial charge in [0.05, 0.1) is 6.10 Å². The number of benzene rings is 1. The van der Waals surface area contributed by atoms with Crippen molar-refractivity contribution in [1.82, 2.24) is 4.90 Å². The van der Waals surface area contributed by atoms with Gasteiger partial charge < -0.3 is 10.0 Å². The van der Waals surface area contributed by atoms with Gasteiger partial charge in [-0.15, -0.1) is 0 Å². The standard InChI is InChI=1S/C16H24N2O/c1-13(19)14-5-7-15(8-6-14)18-11-3-10-17-9-2-4-16(17)12-18/h5-8,13,16,19H,2-4,9-12H2,1H3/t13-,16?/m1/s1. The fraction of sp³-hybridized carbons (Fsp3) is 0.625. The molecule has 0 amide bonds. The molecule has 2 saturated heterocycles. The minimum Gasteiger partial charge on any atom is -0.389 e. The van der Waals surface area contributed by atoms with Crippen molar-refractivity contribution in [2.45, 2.75) is 38.3 Å². The van der Waals surface area contributed by atoms with Crippen LogP contribution in [0.2, 0.25) is 0 Å². The maximum Gasteiger partial charge on any atom is 0.0761 e. The summed E-state index contributed by atoms with van der Waals surface area (Å²) in [4.78, 5) is 5.17. The van der Waals surface area contributed by atoms with E-state index in [9.17, 15) is 5.11 Å². The highest BCUT2D eigenvalue weighted by molar-refractivity contribution is 5.48. The van der Waals surface area contributed by atoms with E-state index in [0.29, 0.717) is 0 Å². The quantitative estimate of drug-likeness (QED) is 0.884. The van der Waals surface area contributed by atoms with Crippen LogP contribution in [-0.2, 0) is 0 Å². The minimum atomic E-state index is -0.372. The Bertz CT molecular complexity index is 415. The second-order valence-electron chi connectivity index (χ2n) is 5.90. The number of hydrogen-bond acceptors (Lipinski definition) is 3. The first-order chi connectivity index (χ1) is 9.24. The molecule has 104 valence electrons. The predicted molar refractivity (Wildman–Crippen MR) is 78.5 cm³/mol. The van der Waals surface area contributed by atoms with E-state index < -0.39 is 0 Å².